The highest BCUT2D eigenvalue weighted by molar-refractivity contribution is 5.77. The zero-order chi connectivity index (χ0) is 13.8. The van der Waals surface area contributed by atoms with Gasteiger partial charge in [0.05, 0.1) is 19.6 Å². The first-order valence-electron chi connectivity index (χ1n) is 5.92. The molecule has 1 aliphatic heterocycles. The largest absolute Gasteiger partial charge is 0.493 e. The molecule has 19 heavy (non-hydrogen) atoms. The summed E-state index contributed by atoms with van der Waals surface area (Å²) in [4.78, 5) is 22.2. The predicted octanol–water partition coefficient (Wildman–Crippen LogP) is 1.49. The van der Waals surface area contributed by atoms with Crippen LogP contribution in [0.3, 0.4) is 0 Å². The Morgan fingerprint density at radius 1 is 1.53 bits per heavy atom. The zero-order valence-corrected chi connectivity index (χ0v) is 10.5. The van der Waals surface area contributed by atoms with Gasteiger partial charge in [0.25, 0.3) is 0 Å². The molecule has 0 radical (unpaired) electrons. The average molecular weight is 265 g/mol. The summed E-state index contributed by atoms with van der Waals surface area (Å²) < 4.78 is 9.91. The normalized spacial score (nSPS) is 17.0. The number of aliphatic carboxylic acids is 1. The first kappa shape index (κ1) is 13.2. The van der Waals surface area contributed by atoms with Crippen molar-refractivity contribution in [2.75, 3.05) is 13.7 Å². The van der Waals surface area contributed by atoms with Crippen molar-refractivity contribution >= 4 is 12.1 Å². The Morgan fingerprint density at radius 3 is 3.00 bits per heavy atom. The van der Waals surface area contributed by atoms with Gasteiger partial charge < -0.3 is 19.9 Å². The number of ether oxygens (including phenoxy) is 2. The maximum atomic E-state index is 11.2. The van der Waals surface area contributed by atoms with Gasteiger partial charge in [0.15, 0.2) is 0 Å². The number of hydrogen-bond acceptors (Lipinski definition) is 4. The van der Waals surface area contributed by atoms with Crippen LogP contribution >= 0.6 is 0 Å². The van der Waals surface area contributed by atoms with Crippen molar-refractivity contribution < 1.29 is 24.2 Å². The number of methoxy groups -OCH3 is 1. The molecule has 0 aliphatic carbocycles. The number of nitrogens with one attached hydrogen (secondary N) is 1. The minimum Gasteiger partial charge on any atom is -0.493 e. The average Bonchev–Trinajstić information content (AvgIpc) is 2.43. The van der Waals surface area contributed by atoms with E-state index in [1.54, 1.807) is 18.2 Å². The molecule has 0 saturated heterocycles. The van der Waals surface area contributed by atoms with Crippen LogP contribution in [0.4, 0.5) is 4.79 Å². The number of hydrogen-bond donors (Lipinski definition) is 2. The van der Waals surface area contributed by atoms with E-state index < -0.39 is 18.0 Å². The summed E-state index contributed by atoms with van der Waals surface area (Å²) in [5, 5.41) is 11.7. The van der Waals surface area contributed by atoms with Crippen LogP contribution in [0.5, 0.6) is 5.75 Å². The molecule has 6 nitrogen and oxygen atoms in total. The monoisotopic (exact) mass is 265 g/mol. The van der Waals surface area contributed by atoms with E-state index in [-0.39, 0.29) is 6.54 Å². The van der Waals surface area contributed by atoms with Gasteiger partial charge >= 0.3 is 12.1 Å². The van der Waals surface area contributed by atoms with Crippen LogP contribution in [0.1, 0.15) is 23.5 Å². The summed E-state index contributed by atoms with van der Waals surface area (Å²) in [5.74, 6) is -0.815. The lowest BCUT2D eigenvalue weighted by atomic mass is 9.92. The fraction of sp³-hybridized carbons (Fsp3) is 0.385. The summed E-state index contributed by atoms with van der Waals surface area (Å²) in [6.45, 7) is 0.690. The number of carboxylic acids is 1. The van der Waals surface area contributed by atoms with Crippen molar-refractivity contribution in [3.63, 3.8) is 0 Å². The summed E-state index contributed by atoms with van der Waals surface area (Å²) in [5.41, 5.74) is 1.46. The highest BCUT2D eigenvalue weighted by atomic mass is 16.5. The van der Waals surface area contributed by atoms with Crippen molar-refractivity contribution in [3.05, 3.63) is 29.3 Å². The molecule has 6 heteroatoms. The summed E-state index contributed by atoms with van der Waals surface area (Å²) in [6.07, 6.45) is -0.0697. The van der Waals surface area contributed by atoms with Crippen molar-refractivity contribution in [1.29, 1.82) is 0 Å². The fourth-order valence-corrected chi connectivity index (χ4v) is 2.06. The molecule has 102 valence electrons. The van der Waals surface area contributed by atoms with Gasteiger partial charge in [-0.25, -0.2) is 4.79 Å². The van der Waals surface area contributed by atoms with Gasteiger partial charge in [-0.15, -0.1) is 0 Å². The van der Waals surface area contributed by atoms with Gasteiger partial charge in [-0.1, -0.05) is 6.07 Å². The molecule has 0 saturated carbocycles. The molecule has 1 aromatic carbocycles. The van der Waals surface area contributed by atoms with Gasteiger partial charge in [0, 0.05) is 12.1 Å². The van der Waals surface area contributed by atoms with Crippen LogP contribution in [-0.4, -0.2) is 30.9 Å². The van der Waals surface area contributed by atoms with Crippen LogP contribution in [0.25, 0.3) is 0 Å². The summed E-state index contributed by atoms with van der Waals surface area (Å²) in [7, 11) is 1.29. The third-order valence-corrected chi connectivity index (χ3v) is 3.03. The molecule has 2 N–H and O–H groups in total. The second kappa shape index (κ2) is 5.60. The topological polar surface area (TPSA) is 84.9 Å². The number of fused-ring (bicyclic) bond motifs is 1. The molecular formula is C13H15NO5. The second-order valence-corrected chi connectivity index (χ2v) is 4.25. The lowest BCUT2D eigenvalue weighted by molar-refractivity contribution is -0.139. The Labute approximate surface area is 110 Å². The van der Waals surface area contributed by atoms with E-state index in [1.165, 1.54) is 7.11 Å². The van der Waals surface area contributed by atoms with Gasteiger partial charge in [-0.3, -0.25) is 4.79 Å². The maximum Gasteiger partial charge on any atom is 0.407 e. The molecule has 1 aromatic rings. The molecular weight excluding hydrogens is 250 g/mol. The predicted molar refractivity (Wildman–Crippen MR) is 66.2 cm³/mol. The van der Waals surface area contributed by atoms with Crippen LogP contribution in [0.2, 0.25) is 0 Å². The van der Waals surface area contributed by atoms with E-state index in [4.69, 9.17) is 4.74 Å². The smallest absolute Gasteiger partial charge is 0.407 e. The van der Waals surface area contributed by atoms with E-state index in [0.717, 1.165) is 5.56 Å². The lowest BCUT2D eigenvalue weighted by Crippen LogP contribution is -2.24. The van der Waals surface area contributed by atoms with Crippen molar-refractivity contribution in [1.82, 2.24) is 5.32 Å². The first-order chi connectivity index (χ1) is 9.11. The van der Waals surface area contributed by atoms with Crippen LogP contribution < -0.4 is 10.1 Å². The third-order valence-electron chi connectivity index (χ3n) is 3.03. The van der Waals surface area contributed by atoms with E-state index >= 15 is 0 Å². The molecule has 0 spiro atoms. The second-order valence-electron chi connectivity index (χ2n) is 4.25. The highest BCUT2D eigenvalue weighted by Crippen LogP contribution is 2.34. The maximum absolute atomic E-state index is 11.2. The number of carbonyl (C=O) groups excluding carboxylic acids is 1. The van der Waals surface area contributed by atoms with E-state index in [1.807, 2.05) is 0 Å². The molecule has 1 amide bonds. The summed E-state index contributed by atoms with van der Waals surface area (Å²) >= 11 is 0. The van der Waals surface area contributed by atoms with Crippen molar-refractivity contribution in [2.24, 2.45) is 0 Å². The van der Waals surface area contributed by atoms with Gasteiger partial charge in [-0.2, -0.15) is 0 Å². The third kappa shape index (κ3) is 2.96. The standard InChI is InChI=1S/C13H15NO5/c1-18-13(17)14-7-8-2-3-11-10(6-8)9(12(15)16)4-5-19-11/h2-3,6,9H,4-5,7H2,1H3,(H,14,17)(H,15,16)/t9-/m0/s1. The Balaban J connectivity index is 2.18. The Bertz CT molecular complexity index is 500. The quantitative estimate of drug-likeness (QED) is 0.865. The number of carboxylic acid groups (broad SMARTS) is 1. The lowest BCUT2D eigenvalue weighted by Gasteiger charge is -2.23. The van der Waals surface area contributed by atoms with E-state index in [9.17, 15) is 14.7 Å². The minimum atomic E-state index is -0.859. The Hall–Kier alpha value is -2.24. The molecule has 1 heterocycles. The molecule has 1 atom stereocenters. The minimum absolute atomic E-state index is 0.284. The van der Waals surface area contributed by atoms with Gasteiger partial charge in [0.1, 0.15) is 5.75 Å². The number of rotatable bonds is 3. The number of carbonyl (C=O) groups is 2. The van der Waals surface area contributed by atoms with Crippen molar-refractivity contribution in [2.45, 2.75) is 18.9 Å². The Morgan fingerprint density at radius 2 is 2.32 bits per heavy atom. The van der Waals surface area contributed by atoms with E-state index in [0.29, 0.717) is 24.3 Å². The van der Waals surface area contributed by atoms with Crippen molar-refractivity contribution in [3.8, 4) is 5.75 Å². The number of amides is 1. The fourth-order valence-electron chi connectivity index (χ4n) is 2.06. The highest BCUT2D eigenvalue weighted by Gasteiger charge is 2.27. The van der Waals surface area contributed by atoms with Gasteiger partial charge in [0.2, 0.25) is 0 Å². The molecule has 0 unspecified atom stereocenters. The zero-order valence-electron chi connectivity index (χ0n) is 10.5. The first-order valence-corrected chi connectivity index (χ1v) is 5.92. The SMILES string of the molecule is COC(=O)NCc1ccc2c(c1)[C@@H](C(=O)O)CCO2. The molecule has 1 aliphatic rings. The number of alkyl carbamates (subject to hydrolysis) is 1. The number of benzene rings is 1. The van der Waals surface area contributed by atoms with Crippen LogP contribution in [0, 0.1) is 0 Å². The van der Waals surface area contributed by atoms with Crippen LogP contribution in [-0.2, 0) is 16.1 Å². The van der Waals surface area contributed by atoms with Gasteiger partial charge in [-0.05, 0) is 24.1 Å². The van der Waals surface area contributed by atoms with Crippen LogP contribution in [0.15, 0.2) is 18.2 Å². The molecule has 0 bridgehead atoms. The Kier molecular flexibility index (Phi) is 3.89. The molecule has 0 aromatic heterocycles. The molecule has 2 rings (SSSR count). The molecule has 0 fully saturated rings. The summed E-state index contributed by atoms with van der Waals surface area (Å²) in [6, 6.07) is 5.28. The van der Waals surface area contributed by atoms with E-state index in [2.05, 4.69) is 10.1 Å².